The highest BCUT2D eigenvalue weighted by atomic mass is 32.2. The standard InChI is InChI=1S/C64H69N5O10S/c1-8-37-76-48-30-26-45(27-31-48)39-53(62(72)75-7)68-61(71)52(25-16-36-66-63(65)69-80(73,74)60-42(3)41(2)59-49(43(60)4)34-35-64(5,6)79-59)67-56(70)40-78-55-33-29-47-22-13-15-24-51(47)58(55)57-50-23-14-12-21-46(50)28-32-54(57)77-38-17-20-44-18-10-9-11-19-44/h8-15,17-24,26-33,52-53H,1,16,25,34-40H2,2-7H3,(H,67,70)(H,68,71)(H3,65,66,69)/t52-,53+/m1/s1. The monoisotopic (exact) mass is 1100 g/mol. The van der Waals surface area contributed by atoms with Gasteiger partial charge in [-0.3, -0.25) is 14.6 Å². The molecule has 15 nitrogen and oxygen atoms in total. The van der Waals surface area contributed by atoms with Gasteiger partial charge in [-0.25, -0.2) is 17.9 Å². The van der Waals surface area contributed by atoms with Crippen molar-refractivity contribution in [3.05, 3.63) is 180 Å². The van der Waals surface area contributed by atoms with Gasteiger partial charge in [-0.15, -0.1) is 0 Å². The van der Waals surface area contributed by atoms with E-state index in [2.05, 4.69) is 26.9 Å². The lowest BCUT2D eigenvalue weighted by Crippen LogP contribution is -2.53. The molecule has 2 amide bonds. The zero-order valence-corrected chi connectivity index (χ0v) is 46.9. The fourth-order valence-corrected chi connectivity index (χ4v) is 11.5. The lowest BCUT2D eigenvalue weighted by Gasteiger charge is -2.35. The molecule has 80 heavy (non-hydrogen) atoms. The molecule has 16 heteroatoms. The fraction of sp³-hybridized carbons (Fsp3) is 0.281. The number of hydrogen-bond acceptors (Lipinski definition) is 11. The van der Waals surface area contributed by atoms with Crippen LogP contribution in [0.1, 0.15) is 66.5 Å². The van der Waals surface area contributed by atoms with Gasteiger partial charge in [0.2, 0.25) is 11.9 Å². The summed E-state index contributed by atoms with van der Waals surface area (Å²) in [5, 5.41) is 9.31. The number of hydrogen-bond donors (Lipinski definition) is 4. The number of rotatable bonds is 23. The van der Waals surface area contributed by atoms with Crippen molar-refractivity contribution in [3.63, 3.8) is 0 Å². The number of aliphatic imine (C=N–C) groups is 1. The van der Waals surface area contributed by atoms with Gasteiger partial charge in [0.15, 0.2) is 6.61 Å². The minimum absolute atomic E-state index is 0.000433. The highest BCUT2D eigenvalue weighted by Gasteiger charge is 2.34. The maximum Gasteiger partial charge on any atom is 0.328 e. The maximum absolute atomic E-state index is 14.4. The highest BCUT2D eigenvalue weighted by Crippen LogP contribution is 2.46. The molecule has 0 bridgehead atoms. The third-order valence-electron chi connectivity index (χ3n) is 14.1. The Labute approximate surface area is 468 Å². The molecule has 5 N–H and O–H groups in total. The van der Waals surface area contributed by atoms with Crippen LogP contribution < -0.4 is 40.0 Å². The minimum Gasteiger partial charge on any atom is -0.490 e. The van der Waals surface area contributed by atoms with Gasteiger partial charge >= 0.3 is 5.97 Å². The number of fused-ring (bicyclic) bond motifs is 3. The maximum atomic E-state index is 14.4. The molecule has 0 saturated carbocycles. The van der Waals surface area contributed by atoms with E-state index < -0.39 is 46.5 Å². The second-order valence-electron chi connectivity index (χ2n) is 20.3. The van der Waals surface area contributed by atoms with Crippen LogP contribution in [0.3, 0.4) is 0 Å². The SMILES string of the molecule is C=CCOc1ccc(C[C@H](NC(=O)[C@@H](CCCN=C(N)NS(=O)(=O)c2c(C)c(C)c3c(c2C)CCC(C)(C)O3)NC(=O)COc2ccc3ccccc3c2-c2c(OCC=Cc3ccccc3)ccc3ccccc23)C(=O)OC)cc1. The Bertz CT molecular complexity index is 3580. The molecule has 0 aromatic heterocycles. The Hall–Kier alpha value is -8.63. The van der Waals surface area contributed by atoms with E-state index in [4.69, 9.17) is 29.4 Å². The van der Waals surface area contributed by atoms with Crippen molar-refractivity contribution < 1.29 is 46.5 Å². The molecular weight excluding hydrogens is 1030 g/mol. The zero-order chi connectivity index (χ0) is 57.0. The van der Waals surface area contributed by atoms with Crippen molar-refractivity contribution in [2.45, 2.75) is 89.3 Å². The van der Waals surface area contributed by atoms with Crippen LogP contribution in [0.5, 0.6) is 23.0 Å². The van der Waals surface area contributed by atoms with Crippen LogP contribution in [0.25, 0.3) is 38.7 Å². The Morgan fingerprint density at radius 1 is 0.762 bits per heavy atom. The van der Waals surface area contributed by atoms with E-state index in [9.17, 15) is 22.8 Å². The van der Waals surface area contributed by atoms with E-state index in [1.807, 2.05) is 136 Å². The number of nitrogens with one attached hydrogen (secondary N) is 3. The van der Waals surface area contributed by atoms with E-state index in [1.54, 1.807) is 44.2 Å². The number of carbonyl (C=O) groups is 3. The van der Waals surface area contributed by atoms with Gasteiger partial charge < -0.3 is 40.1 Å². The number of ether oxygens (including phenoxy) is 5. The molecule has 1 heterocycles. The first kappa shape index (κ1) is 57.5. The predicted octanol–water partition coefficient (Wildman–Crippen LogP) is 10.2. The largest absolute Gasteiger partial charge is 0.490 e. The molecule has 1 aliphatic heterocycles. The summed E-state index contributed by atoms with van der Waals surface area (Å²) in [7, 11) is -2.97. The van der Waals surface area contributed by atoms with Crippen LogP contribution in [-0.2, 0) is 42.0 Å². The Balaban J connectivity index is 1.03. The van der Waals surface area contributed by atoms with Gasteiger partial charge in [0.1, 0.15) is 53.9 Å². The van der Waals surface area contributed by atoms with Gasteiger partial charge in [0.25, 0.3) is 15.9 Å². The fourth-order valence-electron chi connectivity index (χ4n) is 9.98. The van der Waals surface area contributed by atoms with Crippen LogP contribution in [-0.4, -0.2) is 83.3 Å². The molecule has 0 radical (unpaired) electrons. The van der Waals surface area contributed by atoms with E-state index in [0.29, 0.717) is 58.3 Å². The van der Waals surface area contributed by atoms with Crippen molar-refractivity contribution in [1.29, 1.82) is 0 Å². The summed E-state index contributed by atoms with van der Waals surface area (Å²) in [6.07, 6.45) is 7.17. The van der Waals surface area contributed by atoms with Gasteiger partial charge in [-0.2, -0.15) is 0 Å². The second kappa shape index (κ2) is 25.9. The first-order chi connectivity index (χ1) is 38.5. The Kier molecular flexibility index (Phi) is 18.6. The number of esters is 1. The number of amides is 2. The normalized spacial score (nSPS) is 13.8. The average Bonchev–Trinajstić information content (AvgIpc) is 3.63. The lowest BCUT2D eigenvalue weighted by molar-refractivity contribution is -0.145. The second-order valence-corrected chi connectivity index (χ2v) is 21.9. The van der Waals surface area contributed by atoms with Crippen molar-refractivity contribution in [1.82, 2.24) is 15.4 Å². The summed E-state index contributed by atoms with van der Waals surface area (Å²) < 4.78 is 60.5. The molecule has 0 saturated heterocycles. The number of methoxy groups -OCH3 is 1. The summed E-state index contributed by atoms with van der Waals surface area (Å²) >= 11 is 0. The summed E-state index contributed by atoms with van der Waals surface area (Å²) in [6.45, 7) is 13.1. The smallest absolute Gasteiger partial charge is 0.328 e. The molecule has 7 aromatic carbocycles. The first-order valence-electron chi connectivity index (χ1n) is 26.6. The third-order valence-corrected chi connectivity index (χ3v) is 15.8. The quantitative estimate of drug-likeness (QED) is 0.0156. The Morgan fingerprint density at radius 2 is 1.40 bits per heavy atom. The summed E-state index contributed by atoms with van der Waals surface area (Å²) in [4.78, 5) is 46.3. The number of sulfonamides is 1. The number of nitrogens with zero attached hydrogens (tertiary/aromatic N) is 1. The molecular formula is C64H69N5O10S. The van der Waals surface area contributed by atoms with E-state index in [1.165, 1.54) is 7.11 Å². The summed E-state index contributed by atoms with van der Waals surface area (Å²) in [5.41, 5.74) is 11.8. The number of guanidine groups is 1. The van der Waals surface area contributed by atoms with Crippen LogP contribution in [0.4, 0.5) is 0 Å². The van der Waals surface area contributed by atoms with Crippen LogP contribution in [0.2, 0.25) is 0 Å². The summed E-state index contributed by atoms with van der Waals surface area (Å²) in [6, 6.07) is 38.2. The van der Waals surface area contributed by atoms with E-state index >= 15 is 0 Å². The topological polar surface area (TPSA) is 206 Å². The molecule has 1 aliphatic rings. The highest BCUT2D eigenvalue weighted by molar-refractivity contribution is 7.90. The zero-order valence-electron chi connectivity index (χ0n) is 46.1. The van der Waals surface area contributed by atoms with Crippen molar-refractivity contribution in [3.8, 4) is 34.1 Å². The van der Waals surface area contributed by atoms with Gasteiger partial charge in [-0.1, -0.05) is 122 Å². The van der Waals surface area contributed by atoms with E-state index in [-0.39, 0.29) is 48.9 Å². The van der Waals surface area contributed by atoms with Crippen LogP contribution >= 0.6 is 0 Å². The van der Waals surface area contributed by atoms with Crippen LogP contribution in [0, 0.1) is 20.8 Å². The number of nitrogens with two attached hydrogens (primary N) is 1. The molecule has 8 rings (SSSR count). The van der Waals surface area contributed by atoms with Crippen molar-refractivity contribution in [2.75, 3.05) is 33.5 Å². The van der Waals surface area contributed by atoms with Crippen LogP contribution in [0.15, 0.2) is 156 Å². The van der Waals surface area contributed by atoms with Gasteiger partial charge in [-0.05, 0) is 146 Å². The lowest BCUT2D eigenvalue weighted by atomic mass is 9.88. The minimum atomic E-state index is -4.20. The predicted molar refractivity (Wildman–Crippen MR) is 315 cm³/mol. The molecule has 2 atom stereocenters. The first-order valence-corrected chi connectivity index (χ1v) is 28.1. The molecule has 0 spiro atoms. The number of carbonyl (C=O) groups excluding carboxylic acids is 3. The summed E-state index contributed by atoms with van der Waals surface area (Å²) in [5.74, 6) is -0.0565. The van der Waals surface area contributed by atoms with E-state index in [0.717, 1.165) is 50.2 Å². The number of benzene rings is 7. The average molecular weight is 1100 g/mol. The molecule has 416 valence electrons. The van der Waals surface area contributed by atoms with Gasteiger partial charge in [0, 0.05) is 24.1 Å². The molecule has 7 aromatic rings. The molecule has 0 aliphatic carbocycles. The third kappa shape index (κ3) is 14.0. The molecule has 0 unspecified atom stereocenters. The molecule has 0 fully saturated rings. The van der Waals surface area contributed by atoms with Gasteiger partial charge in [0.05, 0.1) is 12.0 Å². The Morgan fingerprint density at radius 3 is 2.05 bits per heavy atom. The van der Waals surface area contributed by atoms with Crippen molar-refractivity contribution in [2.24, 2.45) is 10.7 Å². The van der Waals surface area contributed by atoms with Crippen molar-refractivity contribution >= 4 is 61.4 Å².